The number of rotatable bonds is 2. The van der Waals surface area contributed by atoms with Gasteiger partial charge in [0.15, 0.2) is 5.82 Å². The lowest BCUT2D eigenvalue weighted by Gasteiger charge is -1.97. The third kappa shape index (κ3) is 2.02. The Hall–Kier alpha value is -1.44. The molecule has 1 aromatic rings. The molecular weight excluding hydrogens is 148 g/mol. The SMILES string of the molecule is C=C/C(C)=N\c1ncccc1C. The molecule has 0 unspecified atom stereocenters. The van der Waals surface area contributed by atoms with Crippen LogP contribution in [0.2, 0.25) is 0 Å². The van der Waals surface area contributed by atoms with E-state index in [1.165, 1.54) is 0 Å². The Kier molecular flexibility index (Phi) is 2.75. The van der Waals surface area contributed by atoms with Crippen LogP contribution in [0.1, 0.15) is 12.5 Å². The van der Waals surface area contributed by atoms with E-state index in [1.54, 1.807) is 12.3 Å². The van der Waals surface area contributed by atoms with Crippen LogP contribution in [0.15, 0.2) is 36.0 Å². The first-order valence-electron chi connectivity index (χ1n) is 3.83. The van der Waals surface area contributed by atoms with Crippen LogP contribution in [0.3, 0.4) is 0 Å². The number of hydrogen-bond donors (Lipinski definition) is 0. The Balaban J connectivity index is 3.04. The van der Waals surface area contributed by atoms with E-state index in [-0.39, 0.29) is 0 Å². The zero-order valence-corrected chi connectivity index (χ0v) is 7.41. The van der Waals surface area contributed by atoms with E-state index in [0.29, 0.717) is 0 Å². The number of pyridine rings is 1. The minimum absolute atomic E-state index is 0.773. The number of allylic oxidation sites excluding steroid dienone is 1. The van der Waals surface area contributed by atoms with Gasteiger partial charge in [0.05, 0.1) is 0 Å². The Morgan fingerprint density at radius 1 is 1.67 bits per heavy atom. The summed E-state index contributed by atoms with van der Waals surface area (Å²) in [6.45, 7) is 7.52. The minimum atomic E-state index is 0.773. The van der Waals surface area contributed by atoms with Gasteiger partial charge in [0.1, 0.15) is 0 Å². The Morgan fingerprint density at radius 3 is 3.00 bits per heavy atom. The molecule has 0 aliphatic rings. The molecule has 0 aliphatic carbocycles. The second kappa shape index (κ2) is 3.81. The first-order valence-corrected chi connectivity index (χ1v) is 3.83. The summed E-state index contributed by atoms with van der Waals surface area (Å²) >= 11 is 0. The normalized spacial score (nSPS) is 11.3. The molecular formula is C10H12N2. The molecule has 0 bridgehead atoms. The van der Waals surface area contributed by atoms with E-state index in [2.05, 4.69) is 16.6 Å². The van der Waals surface area contributed by atoms with Gasteiger partial charge in [0.2, 0.25) is 0 Å². The molecule has 0 amide bonds. The highest BCUT2D eigenvalue weighted by Crippen LogP contribution is 2.13. The van der Waals surface area contributed by atoms with Gasteiger partial charge in [0, 0.05) is 11.9 Å². The first kappa shape index (κ1) is 8.65. The largest absolute Gasteiger partial charge is 0.237 e. The van der Waals surface area contributed by atoms with Crippen LogP contribution >= 0.6 is 0 Å². The molecule has 62 valence electrons. The van der Waals surface area contributed by atoms with Crippen molar-refractivity contribution in [2.75, 3.05) is 0 Å². The van der Waals surface area contributed by atoms with Gasteiger partial charge in [-0.05, 0) is 31.6 Å². The zero-order valence-electron chi connectivity index (χ0n) is 7.41. The van der Waals surface area contributed by atoms with Gasteiger partial charge in [0.25, 0.3) is 0 Å². The molecule has 0 fully saturated rings. The third-order valence-electron chi connectivity index (χ3n) is 1.56. The minimum Gasteiger partial charge on any atom is -0.237 e. The van der Waals surface area contributed by atoms with E-state index < -0.39 is 0 Å². The van der Waals surface area contributed by atoms with Crippen LogP contribution in [0.4, 0.5) is 5.82 Å². The first-order chi connectivity index (χ1) is 5.74. The molecule has 0 atom stereocenters. The molecule has 12 heavy (non-hydrogen) atoms. The maximum atomic E-state index is 4.26. The number of nitrogens with zero attached hydrogens (tertiary/aromatic N) is 2. The second-order valence-electron chi connectivity index (χ2n) is 2.60. The Bertz CT molecular complexity index is 313. The molecule has 2 nitrogen and oxygen atoms in total. The fourth-order valence-corrected chi connectivity index (χ4v) is 0.807. The summed E-state index contributed by atoms with van der Waals surface area (Å²) in [5.74, 6) is 0.773. The van der Waals surface area contributed by atoms with Crippen LogP contribution in [-0.4, -0.2) is 10.7 Å². The van der Waals surface area contributed by atoms with Crippen molar-refractivity contribution in [1.82, 2.24) is 4.98 Å². The highest BCUT2D eigenvalue weighted by atomic mass is 14.9. The van der Waals surface area contributed by atoms with Gasteiger partial charge in [-0.1, -0.05) is 12.6 Å². The summed E-state index contributed by atoms with van der Waals surface area (Å²) in [7, 11) is 0. The molecule has 1 rings (SSSR count). The van der Waals surface area contributed by atoms with Gasteiger partial charge >= 0.3 is 0 Å². The van der Waals surface area contributed by atoms with Crippen LogP contribution in [0.5, 0.6) is 0 Å². The van der Waals surface area contributed by atoms with E-state index in [1.807, 2.05) is 26.0 Å². The quantitative estimate of drug-likeness (QED) is 0.610. The van der Waals surface area contributed by atoms with Gasteiger partial charge in [-0.25, -0.2) is 9.98 Å². The van der Waals surface area contributed by atoms with Crippen LogP contribution in [-0.2, 0) is 0 Å². The highest BCUT2D eigenvalue weighted by Gasteiger charge is 1.94. The van der Waals surface area contributed by atoms with Crippen LogP contribution in [0, 0.1) is 6.92 Å². The second-order valence-corrected chi connectivity index (χ2v) is 2.60. The predicted molar refractivity (Wildman–Crippen MR) is 51.9 cm³/mol. The monoisotopic (exact) mass is 160 g/mol. The average molecular weight is 160 g/mol. The summed E-state index contributed by atoms with van der Waals surface area (Å²) in [6, 6.07) is 3.89. The van der Waals surface area contributed by atoms with Crippen molar-refractivity contribution >= 4 is 11.5 Å². The van der Waals surface area contributed by atoms with Crippen molar-refractivity contribution < 1.29 is 0 Å². The summed E-state index contributed by atoms with van der Waals surface area (Å²) in [6.07, 6.45) is 3.45. The highest BCUT2D eigenvalue weighted by molar-refractivity contribution is 5.93. The number of aromatic nitrogens is 1. The van der Waals surface area contributed by atoms with E-state index >= 15 is 0 Å². The zero-order chi connectivity index (χ0) is 8.97. The van der Waals surface area contributed by atoms with Gasteiger partial charge in [-0.3, -0.25) is 0 Å². The molecule has 0 saturated heterocycles. The molecule has 0 aliphatic heterocycles. The standard InChI is InChI=1S/C10H12N2/c1-4-9(3)12-10-8(2)6-5-7-11-10/h4-7H,1H2,2-3H3/b12-9-. The number of aryl methyl sites for hydroxylation is 1. The molecule has 2 heteroatoms. The third-order valence-corrected chi connectivity index (χ3v) is 1.56. The lowest BCUT2D eigenvalue weighted by Crippen LogP contribution is -1.85. The van der Waals surface area contributed by atoms with Gasteiger partial charge < -0.3 is 0 Å². The number of hydrogen-bond acceptors (Lipinski definition) is 2. The van der Waals surface area contributed by atoms with Crippen molar-refractivity contribution in [1.29, 1.82) is 0 Å². The topological polar surface area (TPSA) is 25.2 Å². The van der Waals surface area contributed by atoms with Crippen LogP contribution in [0.25, 0.3) is 0 Å². The van der Waals surface area contributed by atoms with Crippen molar-refractivity contribution in [2.45, 2.75) is 13.8 Å². The lowest BCUT2D eigenvalue weighted by molar-refractivity contribution is 1.22. The fraction of sp³-hybridized carbons (Fsp3) is 0.200. The predicted octanol–water partition coefficient (Wildman–Crippen LogP) is 2.67. The van der Waals surface area contributed by atoms with Crippen LogP contribution < -0.4 is 0 Å². The molecule has 1 heterocycles. The maximum absolute atomic E-state index is 4.26. The summed E-state index contributed by atoms with van der Waals surface area (Å²) < 4.78 is 0. The molecule has 0 aromatic carbocycles. The fourth-order valence-electron chi connectivity index (χ4n) is 0.807. The average Bonchev–Trinajstić information content (AvgIpc) is 2.09. The van der Waals surface area contributed by atoms with E-state index in [0.717, 1.165) is 17.1 Å². The van der Waals surface area contributed by atoms with Gasteiger partial charge in [-0.2, -0.15) is 0 Å². The Morgan fingerprint density at radius 2 is 2.42 bits per heavy atom. The summed E-state index contributed by atoms with van der Waals surface area (Å²) in [4.78, 5) is 8.40. The molecule has 0 saturated carbocycles. The molecule has 0 N–H and O–H groups in total. The van der Waals surface area contributed by atoms with Gasteiger partial charge in [-0.15, -0.1) is 0 Å². The lowest BCUT2D eigenvalue weighted by atomic mass is 10.3. The smallest absolute Gasteiger partial charge is 0.154 e. The Labute approximate surface area is 72.7 Å². The summed E-state index contributed by atoms with van der Waals surface area (Å²) in [5, 5.41) is 0. The maximum Gasteiger partial charge on any atom is 0.154 e. The van der Waals surface area contributed by atoms with Crippen molar-refractivity contribution in [3.63, 3.8) is 0 Å². The molecule has 0 radical (unpaired) electrons. The number of aliphatic imine (C=N–C) groups is 1. The van der Waals surface area contributed by atoms with E-state index in [4.69, 9.17) is 0 Å². The van der Waals surface area contributed by atoms with Crippen molar-refractivity contribution in [2.24, 2.45) is 4.99 Å². The summed E-state index contributed by atoms with van der Waals surface area (Å²) in [5.41, 5.74) is 1.97. The van der Waals surface area contributed by atoms with Crippen molar-refractivity contribution in [3.05, 3.63) is 36.5 Å². The molecule has 1 aromatic heterocycles. The van der Waals surface area contributed by atoms with Crippen molar-refractivity contribution in [3.8, 4) is 0 Å². The molecule has 0 spiro atoms. The van der Waals surface area contributed by atoms with E-state index in [9.17, 15) is 0 Å².